The number of hydrogen-bond acceptors (Lipinski definition) is 1. The second kappa shape index (κ2) is 6.57. The van der Waals surface area contributed by atoms with Crippen molar-refractivity contribution in [2.24, 2.45) is 5.73 Å². The molecule has 0 saturated carbocycles. The molecule has 0 aliphatic heterocycles. The van der Waals surface area contributed by atoms with Crippen LogP contribution in [0.1, 0.15) is 5.56 Å². The van der Waals surface area contributed by atoms with E-state index in [-0.39, 0.29) is 18.2 Å². The van der Waals surface area contributed by atoms with E-state index < -0.39 is 0 Å². The van der Waals surface area contributed by atoms with Gasteiger partial charge in [-0.2, -0.15) is 0 Å². The molecule has 2 rings (SSSR count). The molecule has 0 fully saturated rings. The molecular formula is C14H14BrClN2. The zero-order valence-corrected chi connectivity index (χ0v) is 12.1. The topological polar surface area (TPSA) is 49.9 Å². The Morgan fingerprint density at radius 3 is 2.33 bits per heavy atom. The third kappa shape index (κ3) is 3.34. The quantitative estimate of drug-likeness (QED) is 0.650. The molecule has 0 spiro atoms. The van der Waals surface area contributed by atoms with E-state index in [0.29, 0.717) is 6.42 Å². The van der Waals surface area contributed by atoms with Gasteiger partial charge in [-0.1, -0.05) is 58.4 Å². The Bertz CT molecular complexity index is 541. The zero-order chi connectivity index (χ0) is 12.3. The van der Waals surface area contributed by atoms with E-state index in [0.717, 1.165) is 21.2 Å². The highest BCUT2D eigenvalue weighted by Gasteiger charge is 2.09. The summed E-state index contributed by atoms with van der Waals surface area (Å²) in [4.78, 5) is 0. The minimum Gasteiger partial charge on any atom is -0.387 e. The summed E-state index contributed by atoms with van der Waals surface area (Å²) >= 11 is 3.52. The van der Waals surface area contributed by atoms with Crippen molar-refractivity contribution in [1.29, 1.82) is 5.41 Å². The van der Waals surface area contributed by atoms with E-state index in [1.54, 1.807) is 0 Å². The Hall–Kier alpha value is -1.32. The van der Waals surface area contributed by atoms with Crippen LogP contribution in [0.3, 0.4) is 0 Å². The summed E-state index contributed by atoms with van der Waals surface area (Å²) < 4.78 is 0.994. The van der Waals surface area contributed by atoms with Gasteiger partial charge in [0.05, 0.1) is 5.84 Å². The van der Waals surface area contributed by atoms with Crippen LogP contribution < -0.4 is 5.73 Å². The fourth-order valence-corrected chi connectivity index (χ4v) is 2.32. The summed E-state index contributed by atoms with van der Waals surface area (Å²) in [5.41, 5.74) is 8.83. The molecule has 18 heavy (non-hydrogen) atoms. The smallest absolute Gasteiger partial charge is 0.0950 e. The molecule has 0 radical (unpaired) electrons. The molecular weight excluding hydrogens is 312 g/mol. The first-order chi connectivity index (χ1) is 8.18. The minimum absolute atomic E-state index is 0. The standard InChI is InChI=1S/C14H13BrN2.ClH/c15-13-8-4-7-11(12(13)9-14(16)17)10-5-2-1-3-6-10;/h1-8H,9H2,(H3,16,17);1H. The third-order valence-corrected chi connectivity index (χ3v) is 3.31. The molecule has 0 aliphatic rings. The molecule has 0 heterocycles. The summed E-state index contributed by atoms with van der Waals surface area (Å²) in [6.45, 7) is 0. The van der Waals surface area contributed by atoms with Crippen molar-refractivity contribution < 1.29 is 0 Å². The first kappa shape index (κ1) is 14.7. The SMILES string of the molecule is Cl.N=C(N)Cc1c(Br)cccc1-c1ccccc1. The van der Waals surface area contributed by atoms with E-state index in [1.165, 1.54) is 0 Å². The maximum atomic E-state index is 7.44. The fourth-order valence-electron chi connectivity index (χ4n) is 1.82. The lowest BCUT2D eigenvalue weighted by Crippen LogP contribution is -2.13. The van der Waals surface area contributed by atoms with Crippen LogP contribution in [0.5, 0.6) is 0 Å². The van der Waals surface area contributed by atoms with Crippen LogP contribution in [0.15, 0.2) is 53.0 Å². The Morgan fingerprint density at radius 2 is 1.72 bits per heavy atom. The van der Waals surface area contributed by atoms with Crippen molar-refractivity contribution in [3.8, 4) is 11.1 Å². The van der Waals surface area contributed by atoms with E-state index in [9.17, 15) is 0 Å². The Kier molecular flexibility index (Phi) is 5.38. The maximum Gasteiger partial charge on any atom is 0.0950 e. The Labute approximate surface area is 121 Å². The highest BCUT2D eigenvalue weighted by molar-refractivity contribution is 9.10. The average Bonchev–Trinajstić information content (AvgIpc) is 2.32. The number of nitrogens with two attached hydrogens (primary N) is 1. The lowest BCUT2D eigenvalue weighted by Gasteiger charge is -2.11. The van der Waals surface area contributed by atoms with Gasteiger partial charge in [-0.25, -0.2) is 0 Å². The summed E-state index contributed by atoms with van der Waals surface area (Å²) in [5, 5.41) is 7.44. The molecule has 0 saturated heterocycles. The van der Waals surface area contributed by atoms with Crippen molar-refractivity contribution >= 4 is 34.2 Å². The monoisotopic (exact) mass is 324 g/mol. The number of amidine groups is 1. The van der Waals surface area contributed by atoms with Crippen molar-refractivity contribution in [2.45, 2.75) is 6.42 Å². The van der Waals surface area contributed by atoms with Crippen molar-refractivity contribution in [3.05, 3.63) is 58.6 Å². The fraction of sp³-hybridized carbons (Fsp3) is 0.0714. The maximum absolute atomic E-state index is 7.44. The molecule has 2 aromatic rings. The number of halogens is 2. The third-order valence-electron chi connectivity index (χ3n) is 2.57. The normalized spacial score (nSPS) is 9.61. The predicted octanol–water partition coefficient (Wildman–Crippen LogP) is 4.02. The van der Waals surface area contributed by atoms with Gasteiger partial charge in [0.2, 0.25) is 0 Å². The zero-order valence-electron chi connectivity index (χ0n) is 9.69. The van der Waals surface area contributed by atoms with Gasteiger partial charge in [0.15, 0.2) is 0 Å². The van der Waals surface area contributed by atoms with Gasteiger partial charge in [-0.15, -0.1) is 12.4 Å². The first-order valence-corrected chi connectivity index (χ1v) is 6.13. The van der Waals surface area contributed by atoms with Gasteiger partial charge in [0, 0.05) is 10.9 Å². The molecule has 0 atom stereocenters. The summed E-state index contributed by atoms with van der Waals surface area (Å²) in [6, 6.07) is 16.2. The summed E-state index contributed by atoms with van der Waals surface area (Å²) in [6.07, 6.45) is 0.464. The van der Waals surface area contributed by atoms with Crippen molar-refractivity contribution in [3.63, 3.8) is 0 Å². The molecule has 94 valence electrons. The summed E-state index contributed by atoms with van der Waals surface area (Å²) in [7, 11) is 0. The molecule has 0 bridgehead atoms. The Morgan fingerprint density at radius 1 is 1.06 bits per heavy atom. The van der Waals surface area contributed by atoms with Crippen molar-refractivity contribution in [2.75, 3.05) is 0 Å². The average molecular weight is 326 g/mol. The number of nitrogens with one attached hydrogen (secondary N) is 1. The number of hydrogen-bond donors (Lipinski definition) is 2. The van der Waals surface area contributed by atoms with Crippen molar-refractivity contribution in [1.82, 2.24) is 0 Å². The molecule has 2 nitrogen and oxygen atoms in total. The van der Waals surface area contributed by atoms with Gasteiger partial charge in [-0.3, -0.25) is 5.41 Å². The number of rotatable bonds is 3. The minimum atomic E-state index is 0. The van der Waals surface area contributed by atoms with Crippen LogP contribution >= 0.6 is 28.3 Å². The molecule has 0 aliphatic carbocycles. The van der Waals surface area contributed by atoms with Gasteiger partial charge < -0.3 is 5.73 Å². The van der Waals surface area contributed by atoms with Crippen LogP contribution in [0, 0.1) is 5.41 Å². The van der Waals surface area contributed by atoms with Crippen LogP contribution in [0.4, 0.5) is 0 Å². The van der Waals surface area contributed by atoms with Crippen LogP contribution in [0.25, 0.3) is 11.1 Å². The second-order valence-electron chi connectivity index (χ2n) is 3.83. The van der Waals surface area contributed by atoms with Crippen LogP contribution in [-0.2, 0) is 6.42 Å². The molecule has 0 unspecified atom stereocenters. The largest absolute Gasteiger partial charge is 0.387 e. The highest BCUT2D eigenvalue weighted by atomic mass is 79.9. The second-order valence-corrected chi connectivity index (χ2v) is 4.69. The summed E-state index contributed by atoms with van der Waals surface area (Å²) in [5.74, 6) is 0.175. The van der Waals surface area contributed by atoms with Crippen LogP contribution in [-0.4, -0.2) is 5.84 Å². The molecule has 2 aromatic carbocycles. The van der Waals surface area contributed by atoms with E-state index in [2.05, 4.69) is 34.1 Å². The van der Waals surface area contributed by atoms with Gasteiger partial charge >= 0.3 is 0 Å². The van der Waals surface area contributed by atoms with Gasteiger partial charge in [0.1, 0.15) is 0 Å². The molecule has 0 amide bonds. The molecule has 4 heteroatoms. The lowest BCUT2D eigenvalue weighted by molar-refractivity contribution is 1.23. The van der Waals surface area contributed by atoms with E-state index >= 15 is 0 Å². The number of benzene rings is 2. The van der Waals surface area contributed by atoms with Gasteiger partial charge in [0.25, 0.3) is 0 Å². The first-order valence-electron chi connectivity index (χ1n) is 5.34. The lowest BCUT2D eigenvalue weighted by atomic mass is 9.97. The van der Waals surface area contributed by atoms with E-state index in [1.807, 2.05) is 30.3 Å². The molecule has 0 aromatic heterocycles. The highest BCUT2D eigenvalue weighted by Crippen LogP contribution is 2.29. The molecule has 3 N–H and O–H groups in total. The predicted molar refractivity (Wildman–Crippen MR) is 82.4 cm³/mol. The van der Waals surface area contributed by atoms with Crippen LogP contribution in [0.2, 0.25) is 0 Å². The Balaban J connectivity index is 0.00000162. The van der Waals surface area contributed by atoms with E-state index in [4.69, 9.17) is 11.1 Å². The van der Waals surface area contributed by atoms with Gasteiger partial charge in [-0.05, 0) is 22.8 Å².